The number of fused-ring (bicyclic) bond motifs is 7. The Morgan fingerprint density at radius 3 is 2.00 bits per heavy atom. The summed E-state index contributed by atoms with van der Waals surface area (Å²) in [7, 11) is 0. The fraction of sp³-hybridized carbons (Fsp3) is 0.0571. The minimum absolute atomic E-state index is 0.0361. The Hall–Kier alpha value is -4.89. The van der Waals surface area contributed by atoms with Crippen LogP contribution in [0.3, 0.4) is 0 Å². The first-order chi connectivity index (χ1) is 18.8. The van der Waals surface area contributed by atoms with Crippen molar-refractivity contribution in [3.8, 4) is 39.4 Å². The second-order valence-corrected chi connectivity index (χ2v) is 9.90. The summed E-state index contributed by atoms with van der Waals surface area (Å²) in [5.41, 5.74) is 9.23. The highest BCUT2D eigenvalue weighted by molar-refractivity contribution is 6.08. The number of furan rings is 1. The van der Waals surface area contributed by atoms with Gasteiger partial charge in [0, 0.05) is 27.5 Å². The number of rotatable bonds is 3. The van der Waals surface area contributed by atoms with Gasteiger partial charge in [0.2, 0.25) is 0 Å². The lowest BCUT2D eigenvalue weighted by molar-refractivity contribution is 0.269. The van der Waals surface area contributed by atoms with Crippen molar-refractivity contribution < 1.29 is 9.15 Å². The number of allylic oxidation sites excluding steroid dienone is 2. The van der Waals surface area contributed by atoms with Gasteiger partial charge >= 0.3 is 0 Å². The van der Waals surface area contributed by atoms with Gasteiger partial charge in [0.1, 0.15) is 23.0 Å². The Morgan fingerprint density at radius 1 is 0.579 bits per heavy atom. The van der Waals surface area contributed by atoms with Crippen molar-refractivity contribution in [1.82, 2.24) is 4.98 Å². The van der Waals surface area contributed by atoms with Crippen LogP contribution < -0.4 is 4.74 Å². The highest BCUT2D eigenvalue weighted by atomic mass is 16.5. The van der Waals surface area contributed by atoms with Crippen LogP contribution in [0.2, 0.25) is 0 Å². The summed E-state index contributed by atoms with van der Waals surface area (Å²) >= 11 is 0. The van der Waals surface area contributed by atoms with Crippen LogP contribution >= 0.6 is 0 Å². The third kappa shape index (κ3) is 3.32. The molecule has 2 unspecified atom stereocenters. The number of benzene rings is 4. The number of ether oxygens (including phenoxy) is 1. The van der Waals surface area contributed by atoms with E-state index in [1.807, 2.05) is 12.1 Å². The molecule has 2 atom stereocenters. The maximum atomic E-state index is 6.58. The normalized spacial score (nSPS) is 17.5. The van der Waals surface area contributed by atoms with E-state index in [4.69, 9.17) is 14.1 Å². The Bertz CT molecular complexity index is 1840. The number of pyridine rings is 1. The van der Waals surface area contributed by atoms with Gasteiger partial charge < -0.3 is 9.15 Å². The van der Waals surface area contributed by atoms with Crippen LogP contribution in [-0.2, 0) is 0 Å². The molecule has 0 bridgehead atoms. The van der Waals surface area contributed by atoms with Gasteiger partial charge in [0.25, 0.3) is 0 Å². The zero-order valence-corrected chi connectivity index (χ0v) is 20.5. The molecule has 6 aromatic rings. The summed E-state index contributed by atoms with van der Waals surface area (Å²) < 4.78 is 12.8. The first-order valence-corrected chi connectivity index (χ1v) is 13.0. The molecular formula is C35H23NO2. The van der Waals surface area contributed by atoms with E-state index in [0.29, 0.717) is 0 Å². The highest BCUT2D eigenvalue weighted by Gasteiger charge is 2.35. The van der Waals surface area contributed by atoms with E-state index in [1.165, 1.54) is 0 Å². The summed E-state index contributed by atoms with van der Waals surface area (Å²) in [5, 5.41) is 2.24. The van der Waals surface area contributed by atoms with Crippen molar-refractivity contribution >= 4 is 21.9 Å². The van der Waals surface area contributed by atoms with Gasteiger partial charge in [-0.25, -0.2) is 4.98 Å². The van der Waals surface area contributed by atoms with Crippen LogP contribution in [0.15, 0.2) is 132 Å². The van der Waals surface area contributed by atoms with Crippen LogP contribution in [0.5, 0.6) is 5.75 Å². The Kier molecular flexibility index (Phi) is 4.65. The van der Waals surface area contributed by atoms with E-state index in [-0.39, 0.29) is 12.0 Å². The molecule has 0 amide bonds. The summed E-state index contributed by atoms with van der Waals surface area (Å²) in [4.78, 5) is 5.02. The van der Waals surface area contributed by atoms with Crippen LogP contribution in [0.25, 0.3) is 55.6 Å². The second-order valence-electron chi connectivity index (χ2n) is 9.90. The largest absolute Gasteiger partial charge is 0.485 e. The number of nitrogens with zero attached hydrogens (tertiary/aromatic N) is 1. The van der Waals surface area contributed by atoms with Gasteiger partial charge in [-0.05, 0) is 53.6 Å². The van der Waals surface area contributed by atoms with E-state index >= 15 is 0 Å². The minimum Gasteiger partial charge on any atom is -0.485 e. The van der Waals surface area contributed by atoms with E-state index in [9.17, 15) is 0 Å². The molecule has 0 fully saturated rings. The van der Waals surface area contributed by atoms with E-state index < -0.39 is 0 Å². The maximum absolute atomic E-state index is 6.58. The first-order valence-electron chi connectivity index (χ1n) is 13.0. The Balaban J connectivity index is 1.30. The molecule has 38 heavy (non-hydrogen) atoms. The predicted molar refractivity (Wildman–Crippen MR) is 153 cm³/mol. The molecule has 0 spiro atoms. The number of hydrogen-bond acceptors (Lipinski definition) is 3. The maximum Gasteiger partial charge on any atom is 0.143 e. The molecule has 1 aliphatic heterocycles. The average molecular weight is 490 g/mol. The fourth-order valence-electron chi connectivity index (χ4n) is 5.76. The lowest BCUT2D eigenvalue weighted by Crippen LogP contribution is -2.15. The smallest absolute Gasteiger partial charge is 0.143 e. The molecule has 0 N–H and O–H groups in total. The molecule has 1 aliphatic carbocycles. The fourth-order valence-corrected chi connectivity index (χ4v) is 5.76. The van der Waals surface area contributed by atoms with Crippen LogP contribution in [0.1, 0.15) is 11.5 Å². The van der Waals surface area contributed by atoms with E-state index in [0.717, 1.165) is 66.9 Å². The standard InChI is InChI=1S/C35H23NO2/c1-3-9-22(10-4-1)29-19-25(20-30(36-29)23-11-5-2-6-12-23)24-15-16-26-27-17-18-32-34(35(27)38-33(26)21-24)28-13-7-8-14-31(28)37-32/h1-21,28,31H. The molecular weight excluding hydrogens is 466 g/mol. The molecule has 2 aromatic heterocycles. The zero-order chi connectivity index (χ0) is 25.1. The summed E-state index contributed by atoms with van der Waals surface area (Å²) in [6.07, 6.45) is 8.51. The molecule has 3 nitrogen and oxygen atoms in total. The van der Waals surface area contributed by atoms with E-state index in [1.54, 1.807) is 0 Å². The molecule has 2 aliphatic rings. The van der Waals surface area contributed by atoms with Crippen molar-refractivity contribution in [2.24, 2.45) is 0 Å². The van der Waals surface area contributed by atoms with Crippen molar-refractivity contribution in [3.63, 3.8) is 0 Å². The van der Waals surface area contributed by atoms with Gasteiger partial charge in [-0.15, -0.1) is 0 Å². The van der Waals surface area contributed by atoms with Gasteiger partial charge in [-0.3, -0.25) is 0 Å². The van der Waals surface area contributed by atoms with Crippen molar-refractivity contribution in [2.45, 2.75) is 12.0 Å². The SMILES string of the molecule is C1=CC2Oc3ccc4c(oc5cc(-c6cc(-c7ccccc7)nc(-c7ccccc7)c6)ccc54)c3C2C=C1. The van der Waals surface area contributed by atoms with Gasteiger partial charge in [0.15, 0.2) is 0 Å². The Labute approximate surface area is 220 Å². The lowest BCUT2D eigenvalue weighted by Gasteiger charge is -2.13. The van der Waals surface area contributed by atoms with E-state index in [2.05, 4.69) is 115 Å². The average Bonchev–Trinajstić information content (AvgIpc) is 3.55. The topological polar surface area (TPSA) is 35.3 Å². The molecule has 3 heterocycles. The molecule has 8 rings (SSSR count). The van der Waals surface area contributed by atoms with Gasteiger partial charge in [-0.1, -0.05) is 85.0 Å². The van der Waals surface area contributed by atoms with Crippen LogP contribution in [-0.4, -0.2) is 11.1 Å². The summed E-state index contributed by atoms with van der Waals surface area (Å²) in [6, 6.07) is 35.8. The third-order valence-corrected chi connectivity index (χ3v) is 7.62. The molecule has 180 valence electrons. The summed E-state index contributed by atoms with van der Waals surface area (Å²) in [6.45, 7) is 0. The van der Waals surface area contributed by atoms with Crippen molar-refractivity contribution in [2.75, 3.05) is 0 Å². The minimum atomic E-state index is 0.0361. The lowest BCUT2D eigenvalue weighted by atomic mass is 9.91. The van der Waals surface area contributed by atoms with Crippen molar-refractivity contribution in [3.05, 3.63) is 133 Å². The molecule has 3 heteroatoms. The monoisotopic (exact) mass is 489 g/mol. The third-order valence-electron chi connectivity index (χ3n) is 7.62. The zero-order valence-electron chi connectivity index (χ0n) is 20.5. The number of hydrogen-bond donors (Lipinski definition) is 0. The predicted octanol–water partition coefficient (Wildman–Crippen LogP) is 8.95. The number of aromatic nitrogens is 1. The van der Waals surface area contributed by atoms with Crippen LogP contribution in [0.4, 0.5) is 0 Å². The quantitative estimate of drug-likeness (QED) is 0.249. The molecule has 4 aromatic carbocycles. The Morgan fingerprint density at radius 2 is 1.26 bits per heavy atom. The van der Waals surface area contributed by atoms with Crippen LogP contribution in [0, 0.1) is 0 Å². The second kappa shape index (κ2) is 8.32. The molecule has 0 radical (unpaired) electrons. The molecule has 0 saturated carbocycles. The first kappa shape index (κ1) is 21.2. The molecule has 0 saturated heterocycles. The highest BCUT2D eigenvalue weighted by Crippen LogP contribution is 2.47. The van der Waals surface area contributed by atoms with Gasteiger partial charge in [-0.2, -0.15) is 0 Å². The summed E-state index contributed by atoms with van der Waals surface area (Å²) in [5.74, 6) is 1.10. The van der Waals surface area contributed by atoms with Crippen molar-refractivity contribution in [1.29, 1.82) is 0 Å². The van der Waals surface area contributed by atoms with Gasteiger partial charge in [0.05, 0.1) is 17.3 Å².